The van der Waals surface area contributed by atoms with Gasteiger partial charge < -0.3 is 0 Å². The molecule has 2 fully saturated rings. The first-order chi connectivity index (χ1) is 19.7. The van der Waals surface area contributed by atoms with Crippen LogP contribution in [-0.2, 0) is 12.8 Å². The zero-order valence-corrected chi connectivity index (χ0v) is 24.9. The molecule has 1 heterocycles. The van der Waals surface area contributed by atoms with Crippen molar-refractivity contribution in [2.24, 2.45) is 10.8 Å². The summed E-state index contributed by atoms with van der Waals surface area (Å²) < 4.78 is 11.8. The Balaban J connectivity index is 1.32. The van der Waals surface area contributed by atoms with Gasteiger partial charge in [0.2, 0.25) is 0 Å². The van der Waals surface area contributed by atoms with Crippen LogP contribution in [0.5, 0.6) is 11.5 Å². The van der Waals surface area contributed by atoms with Crippen LogP contribution in [0, 0.1) is 10.8 Å². The van der Waals surface area contributed by atoms with Gasteiger partial charge in [-0.05, 0) is 130 Å². The van der Waals surface area contributed by atoms with Crippen LogP contribution < -0.4 is 9.05 Å². The lowest BCUT2D eigenvalue weighted by Gasteiger charge is -2.39. The summed E-state index contributed by atoms with van der Waals surface area (Å²) in [4.78, 5) is 21.7. The molecule has 1 aliphatic heterocycles. The number of aryl methyl sites for hydroxylation is 2. The first kappa shape index (κ1) is 24.9. The Bertz CT molecular complexity index is 1660. The molecule has 41 heavy (non-hydrogen) atoms. The minimum Gasteiger partial charge on any atom is -0.254 e. The number of hydrogen-bond acceptors (Lipinski definition) is 4. The van der Waals surface area contributed by atoms with Gasteiger partial charge in [0.05, 0.1) is 0 Å². The van der Waals surface area contributed by atoms with Crippen LogP contribution in [0.3, 0.4) is 0 Å². The molecular weight excluding hydrogens is 527 g/mol. The second kappa shape index (κ2) is 8.25. The van der Waals surface area contributed by atoms with Crippen molar-refractivity contribution in [2.75, 3.05) is 0 Å². The molecule has 210 valence electrons. The Morgan fingerprint density at radius 1 is 0.610 bits per heavy atom. The van der Waals surface area contributed by atoms with Crippen LogP contribution in [0.1, 0.15) is 99.3 Å². The molecule has 2 N–H and O–H groups in total. The number of rotatable bonds is 0. The second-order valence-corrected chi connectivity index (χ2v) is 15.6. The van der Waals surface area contributed by atoms with Gasteiger partial charge >= 0.3 is 8.17 Å². The van der Waals surface area contributed by atoms with E-state index >= 15 is 0 Å². The fourth-order valence-electron chi connectivity index (χ4n) is 10.0. The first-order valence-corrected chi connectivity index (χ1v) is 17.2. The molecule has 2 saturated carbocycles. The van der Waals surface area contributed by atoms with Crippen molar-refractivity contribution in [3.05, 3.63) is 70.8 Å². The third-order valence-corrected chi connectivity index (χ3v) is 13.0. The van der Waals surface area contributed by atoms with Gasteiger partial charge in [-0.3, -0.25) is 9.05 Å². The van der Waals surface area contributed by atoms with Crippen LogP contribution in [0.4, 0.5) is 0 Å². The van der Waals surface area contributed by atoms with Gasteiger partial charge in [-0.25, -0.2) is 0 Å². The maximum absolute atomic E-state index is 10.9. The smallest absolute Gasteiger partial charge is 0.254 e. The molecule has 5 aliphatic rings. The normalized spacial score (nSPS) is 30.7. The fraction of sp³-hybridized carbons (Fsp3) is 0.444. The summed E-state index contributed by atoms with van der Waals surface area (Å²) in [6.45, 7) is 4.98. The molecular formula is C36H38O4P+. The minimum atomic E-state index is -4.09. The Labute approximate surface area is 242 Å². The molecule has 0 unspecified atom stereocenters. The molecule has 0 radical (unpaired) electrons. The van der Waals surface area contributed by atoms with E-state index in [0.717, 1.165) is 34.7 Å². The summed E-state index contributed by atoms with van der Waals surface area (Å²) in [7, 11) is -4.09. The summed E-state index contributed by atoms with van der Waals surface area (Å²) in [5.41, 5.74) is 8.66. The Kier molecular flexibility index (Phi) is 5.01. The van der Waals surface area contributed by atoms with Gasteiger partial charge in [0.15, 0.2) is 11.5 Å². The van der Waals surface area contributed by atoms with Crippen molar-refractivity contribution in [2.45, 2.75) is 89.9 Å². The van der Waals surface area contributed by atoms with Crippen LogP contribution in [0.25, 0.3) is 32.7 Å². The van der Waals surface area contributed by atoms with Crippen molar-refractivity contribution >= 4 is 29.7 Å². The maximum atomic E-state index is 10.9. The van der Waals surface area contributed by atoms with E-state index in [0.29, 0.717) is 34.2 Å². The molecule has 4 atom stereocenters. The molecule has 0 saturated heterocycles. The highest BCUT2D eigenvalue weighted by atomic mass is 31.2. The maximum Gasteiger partial charge on any atom is 0.663 e. The number of fused-ring (bicyclic) bond motifs is 15. The van der Waals surface area contributed by atoms with Crippen LogP contribution >= 0.6 is 8.17 Å². The van der Waals surface area contributed by atoms with Crippen molar-refractivity contribution in [3.63, 3.8) is 0 Å². The summed E-state index contributed by atoms with van der Waals surface area (Å²) in [5, 5.41) is 4.76. The topological polar surface area (TPSA) is 58.9 Å². The van der Waals surface area contributed by atoms with Crippen molar-refractivity contribution in [1.82, 2.24) is 0 Å². The molecule has 9 rings (SSSR count). The average molecular weight is 566 g/mol. The fourth-order valence-corrected chi connectivity index (χ4v) is 10.9. The standard InChI is InChI=1S/C36H38O4P/c1-35-17-3-5-29(35)25-7-9-27-21(23(25)15-19-35)11-13-31-33(27)34-28-10-8-26-24(16-20-36(2)18-4-6-30(26)36)22(28)12-14-32(34)40-41(37,38)39-31/h7-14,29-30,37-38H,3-6,15-20H2,1-2H3/q+1/t29-,30-,35+,36+/m0/s1. The average Bonchev–Trinajstić information content (AvgIpc) is 3.51. The van der Waals surface area contributed by atoms with E-state index in [1.54, 1.807) is 0 Å². The predicted molar refractivity (Wildman–Crippen MR) is 166 cm³/mol. The summed E-state index contributed by atoms with van der Waals surface area (Å²) >= 11 is 0. The zero-order valence-electron chi connectivity index (χ0n) is 24.0. The van der Waals surface area contributed by atoms with Gasteiger partial charge in [-0.2, -0.15) is 9.79 Å². The lowest BCUT2D eigenvalue weighted by atomic mass is 9.66. The van der Waals surface area contributed by atoms with E-state index in [1.807, 2.05) is 12.1 Å². The first-order valence-electron chi connectivity index (χ1n) is 15.7. The Morgan fingerprint density at radius 2 is 1.05 bits per heavy atom. The highest BCUT2D eigenvalue weighted by Gasteiger charge is 2.49. The van der Waals surface area contributed by atoms with Crippen molar-refractivity contribution < 1.29 is 18.8 Å². The molecule has 4 aromatic rings. The Morgan fingerprint density at radius 3 is 1.51 bits per heavy atom. The van der Waals surface area contributed by atoms with Gasteiger partial charge in [-0.1, -0.05) is 63.1 Å². The van der Waals surface area contributed by atoms with E-state index in [2.05, 4.69) is 50.2 Å². The highest BCUT2D eigenvalue weighted by Crippen LogP contribution is 2.63. The molecule has 5 heteroatoms. The molecule has 0 aromatic heterocycles. The summed E-state index contributed by atoms with van der Waals surface area (Å²) in [6.07, 6.45) is 12.5. The van der Waals surface area contributed by atoms with Gasteiger partial charge in [0.25, 0.3) is 0 Å². The van der Waals surface area contributed by atoms with Crippen LogP contribution in [0.2, 0.25) is 0 Å². The molecule has 0 spiro atoms. The minimum absolute atomic E-state index is 0.415. The summed E-state index contributed by atoms with van der Waals surface area (Å²) in [6, 6.07) is 17.4. The number of hydrogen-bond donors (Lipinski definition) is 2. The van der Waals surface area contributed by atoms with Crippen molar-refractivity contribution in [3.8, 4) is 22.6 Å². The lowest BCUT2D eigenvalue weighted by molar-refractivity contribution is 0.249. The zero-order chi connectivity index (χ0) is 27.7. The van der Waals surface area contributed by atoms with E-state index in [-0.39, 0.29) is 0 Å². The third-order valence-electron chi connectivity index (χ3n) is 12.1. The largest absolute Gasteiger partial charge is 0.663 e. The molecule has 0 amide bonds. The third kappa shape index (κ3) is 3.39. The quantitative estimate of drug-likeness (QED) is 0.209. The predicted octanol–water partition coefficient (Wildman–Crippen LogP) is 9.53. The van der Waals surface area contributed by atoms with E-state index in [4.69, 9.17) is 9.05 Å². The molecule has 0 bridgehead atoms. The second-order valence-electron chi connectivity index (χ2n) is 14.2. The summed E-state index contributed by atoms with van der Waals surface area (Å²) in [5.74, 6) is 2.24. The highest BCUT2D eigenvalue weighted by molar-refractivity contribution is 7.55. The SMILES string of the molecule is C[C@]12CCC[C@H]1c1ccc3c4c(ccc3c1CC2)O[P+](O)(O)Oc1ccc2c3c(ccc2c1-4)[C@@H]1CCC[C@]1(C)CC3. The van der Waals surface area contributed by atoms with Gasteiger partial charge in [0, 0.05) is 11.1 Å². The van der Waals surface area contributed by atoms with E-state index in [9.17, 15) is 9.79 Å². The monoisotopic (exact) mass is 565 g/mol. The number of benzene rings is 4. The molecule has 4 aromatic carbocycles. The van der Waals surface area contributed by atoms with Crippen LogP contribution in [-0.4, -0.2) is 9.79 Å². The van der Waals surface area contributed by atoms with E-state index < -0.39 is 8.17 Å². The van der Waals surface area contributed by atoms with Crippen LogP contribution in [0.15, 0.2) is 48.5 Å². The Hall–Kier alpha value is -2.65. The van der Waals surface area contributed by atoms with Crippen molar-refractivity contribution in [1.29, 1.82) is 0 Å². The van der Waals surface area contributed by atoms with Gasteiger partial charge in [0.1, 0.15) is 0 Å². The van der Waals surface area contributed by atoms with E-state index in [1.165, 1.54) is 84.4 Å². The molecule has 4 nitrogen and oxygen atoms in total. The molecule has 4 aliphatic carbocycles. The van der Waals surface area contributed by atoms with Gasteiger partial charge in [-0.15, -0.1) is 0 Å². The lowest BCUT2D eigenvalue weighted by Crippen LogP contribution is -2.26.